The molecule has 3 amide bonds. The third-order valence-electron chi connectivity index (χ3n) is 3.68. The van der Waals surface area contributed by atoms with Crippen LogP contribution in [0.5, 0.6) is 0 Å². The van der Waals surface area contributed by atoms with E-state index >= 15 is 0 Å². The monoisotopic (exact) mass is 384 g/mol. The van der Waals surface area contributed by atoms with Crippen molar-refractivity contribution in [2.24, 2.45) is 0 Å². The molecule has 0 fully saturated rings. The molecule has 3 aromatic rings. The van der Waals surface area contributed by atoms with E-state index in [0.29, 0.717) is 27.9 Å². The molecule has 9 heteroatoms. The standard InChI is InChI=1S/C18H17ClN6O2/c1-11-21-16(24-25(11)15-6-4-3-5-14(15)19)17(26)22-12-7-9-13(10-8-12)23-18(27)20-2/h3-10H,1-2H3,(H,22,26)(H2,20,23,27). The van der Waals surface area contributed by atoms with Gasteiger partial charge in [-0.1, -0.05) is 23.7 Å². The summed E-state index contributed by atoms with van der Waals surface area (Å²) >= 11 is 6.19. The molecule has 0 saturated carbocycles. The number of amides is 3. The molecule has 8 nitrogen and oxygen atoms in total. The summed E-state index contributed by atoms with van der Waals surface area (Å²) in [5.74, 6) is 0.120. The van der Waals surface area contributed by atoms with Gasteiger partial charge in [0.15, 0.2) is 0 Å². The van der Waals surface area contributed by atoms with Gasteiger partial charge in [-0.2, -0.15) is 0 Å². The van der Waals surface area contributed by atoms with Crippen LogP contribution in [-0.4, -0.2) is 33.8 Å². The van der Waals surface area contributed by atoms with Gasteiger partial charge in [0, 0.05) is 18.4 Å². The third-order valence-corrected chi connectivity index (χ3v) is 4.00. The van der Waals surface area contributed by atoms with Crippen LogP contribution in [0.4, 0.5) is 16.2 Å². The first kappa shape index (κ1) is 18.4. The van der Waals surface area contributed by atoms with Crippen LogP contribution < -0.4 is 16.0 Å². The Hall–Kier alpha value is -3.39. The van der Waals surface area contributed by atoms with E-state index in [-0.39, 0.29) is 11.9 Å². The molecule has 2 aromatic carbocycles. The van der Waals surface area contributed by atoms with E-state index in [1.165, 1.54) is 11.7 Å². The van der Waals surface area contributed by atoms with Crippen molar-refractivity contribution in [3.8, 4) is 5.69 Å². The number of carbonyl (C=O) groups is 2. The van der Waals surface area contributed by atoms with Crippen LogP contribution in [0.25, 0.3) is 5.69 Å². The predicted octanol–water partition coefficient (Wildman–Crippen LogP) is 3.23. The lowest BCUT2D eigenvalue weighted by molar-refractivity contribution is 0.101. The molecule has 0 saturated heterocycles. The number of nitrogens with zero attached hydrogens (tertiary/aromatic N) is 3. The number of benzene rings is 2. The van der Waals surface area contributed by atoms with Crippen molar-refractivity contribution in [2.45, 2.75) is 6.92 Å². The summed E-state index contributed by atoms with van der Waals surface area (Å²) in [4.78, 5) is 27.9. The molecule has 0 aliphatic rings. The predicted molar refractivity (Wildman–Crippen MR) is 104 cm³/mol. The number of carbonyl (C=O) groups excluding carboxylic acids is 2. The van der Waals surface area contributed by atoms with Gasteiger partial charge in [0.25, 0.3) is 5.91 Å². The van der Waals surface area contributed by atoms with Crippen LogP contribution >= 0.6 is 11.6 Å². The zero-order valence-corrected chi connectivity index (χ0v) is 15.4. The maximum absolute atomic E-state index is 12.4. The minimum atomic E-state index is -0.448. The smallest absolute Gasteiger partial charge is 0.318 e. The van der Waals surface area contributed by atoms with Gasteiger partial charge >= 0.3 is 6.03 Å². The maximum atomic E-state index is 12.4. The molecule has 138 valence electrons. The van der Waals surface area contributed by atoms with E-state index in [2.05, 4.69) is 26.0 Å². The lowest BCUT2D eigenvalue weighted by atomic mass is 10.3. The van der Waals surface area contributed by atoms with Gasteiger partial charge < -0.3 is 16.0 Å². The lowest BCUT2D eigenvalue weighted by Crippen LogP contribution is -2.24. The van der Waals surface area contributed by atoms with E-state index in [1.54, 1.807) is 43.3 Å². The molecule has 0 unspecified atom stereocenters. The van der Waals surface area contributed by atoms with Crippen molar-refractivity contribution in [1.82, 2.24) is 20.1 Å². The van der Waals surface area contributed by atoms with Crippen LogP contribution in [0, 0.1) is 6.92 Å². The van der Waals surface area contributed by atoms with Crippen LogP contribution in [0.15, 0.2) is 48.5 Å². The average Bonchev–Trinajstić information content (AvgIpc) is 3.05. The molecule has 0 spiro atoms. The molecule has 0 aliphatic heterocycles. The van der Waals surface area contributed by atoms with E-state index < -0.39 is 5.91 Å². The van der Waals surface area contributed by atoms with Crippen LogP contribution in [0.1, 0.15) is 16.4 Å². The summed E-state index contributed by atoms with van der Waals surface area (Å²) in [5.41, 5.74) is 1.80. The minimum absolute atomic E-state index is 0.0278. The molecule has 1 aromatic heterocycles. The Bertz CT molecular complexity index is 984. The molecule has 3 N–H and O–H groups in total. The molecule has 0 aliphatic carbocycles. The van der Waals surface area contributed by atoms with Gasteiger partial charge in [0.2, 0.25) is 5.82 Å². The average molecular weight is 385 g/mol. The molecule has 3 rings (SSSR count). The molecule has 27 heavy (non-hydrogen) atoms. The highest BCUT2D eigenvalue weighted by Crippen LogP contribution is 2.20. The number of para-hydroxylation sites is 1. The molecule has 0 atom stereocenters. The number of aryl methyl sites for hydroxylation is 1. The summed E-state index contributed by atoms with van der Waals surface area (Å²) in [5, 5.41) is 12.6. The van der Waals surface area contributed by atoms with Crippen LogP contribution in [0.2, 0.25) is 5.02 Å². The normalized spacial score (nSPS) is 10.3. The van der Waals surface area contributed by atoms with E-state index in [4.69, 9.17) is 11.6 Å². The second-order valence-electron chi connectivity index (χ2n) is 5.58. The van der Waals surface area contributed by atoms with Gasteiger partial charge in [-0.25, -0.2) is 14.5 Å². The van der Waals surface area contributed by atoms with Crippen molar-refractivity contribution >= 4 is 34.9 Å². The molecule has 0 bridgehead atoms. The molecular weight excluding hydrogens is 368 g/mol. The number of hydrogen-bond acceptors (Lipinski definition) is 4. The van der Waals surface area contributed by atoms with Crippen molar-refractivity contribution < 1.29 is 9.59 Å². The molecular formula is C18H17ClN6O2. The Morgan fingerprint density at radius 3 is 2.26 bits per heavy atom. The SMILES string of the molecule is CNC(=O)Nc1ccc(NC(=O)c2nc(C)n(-c3ccccc3Cl)n2)cc1. The first-order valence-electron chi connectivity index (χ1n) is 8.06. The summed E-state index contributed by atoms with van der Waals surface area (Å²) in [6.45, 7) is 1.74. The fraction of sp³-hybridized carbons (Fsp3) is 0.111. The van der Waals surface area contributed by atoms with E-state index in [0.717, 1.165) is 0 Å². The van der Waals surface area contributed by atoms with Gasteiger partial charge in [-0.05, 0) is 43.3 Å². The largest absolute Gasteiger partial charge is 0.341 e. The summed E-state index contributed by atoms with van der Waals surface area (Å²) in [7, 11) is 1.53. The van der Waals surface area contributed by atoms with Gasteiger partial charge in [0.05, 0.1) is 10.7 Å². The number of aromatic nitrogens is 3. The van der Waals surface area contributed by atoms with E-state index in [1.807, 2.05) is 12.1 Å². The molecule has 0 radical (unpaired) electrons. The number of halogens is 1. The Morgan fingerprint density at radius 1 is 1.00 bits per heavy atom. The highest BCUT2D eigenvalue weighted by molar-refractivity contribution is 6.32. The fourth-order valence-electron chi connectivity index (χ4n) is 2.36. The summed E-state index contributed by atoms with van der Waals surface area (Å²) in [6, 6.07) is 13.5. The van der Waals surface area contributed by atoms with Crippen molar-refractivity contribution in [1.29, 1.82) is 0 Å². The van der Waals surface area contributed by atoms with Crippen molar-refractivity contribution in [3.63, 3.8) is 0 Å². The number of urea groups is 1. The van der Waals surface area contributed by atoms with E-state index in [9.17, 15) is 9.59 Å². The Kier molecular flexibility index (Phi) is 5.37. The van der Waals surface area contributed by atoms with Crippen LogP contribution in [0.3, 0.4) is 0 Å². The first-order chi connectivity index (χ1) is 13.0. The second-order valence-corrected chi connectivity index (χ2v) is 5.99. The van der Waals surface area contributed by atoms with Crippen molar-refractivity contribution in [2.75, 3.05) is 17.7 Å². The van der Waals surface area contributed by atoms with Gasteiger partial charge in [-0.15, -0.1) is 5.10 Å². The molecule has 1 heterocycles. The third kappa shape index (κ3) is 4.24. The fourth-order valence-corrected chi connectivity index (χ4v) is 2.57. The zero-order valence-electron chi connectivity index (χ0n) is 14.7. The highest BCUT2D eigenvalue weighted by Gasteiger charge is 2.16. The van der Waals surface area contributed by atoms with Crippen molar-refractivity contribution in [3.05, 3.63) is 65.2 Å². The minimum Gasteiger partial charge on any atom is -0.341 e. The summed E-state index contributed by atoms with van der Waals surface area (Å²) < 4.78 is 1.52. The number of anilines is 2. The zero-order chi connectivity index (χ0) is 19.4. The topological polar surface area (TPSA) is 101 Å². The highest BCUT2D eigenvalue weighted by atomic mass is 35.5. The van der Waals surface area contributed by atoms with Gasteiger partial charge in [-0.3, -0.25) is 4.79 Å². The summed E-state index contributed by atoms with van der Waals surface area (Å²) in [6.07, 6.45) is 0. The van der Waals surface area contributed by atoms with Crippen LogP contribution in [-0.2, 0) is 0 Å². The Morgan fingerprint density at radius 2 is 1.63 bits per heavy atom. The Labute approximate surface area is 160 Å². The number of rotatable bonds is 4. The van der Waals surface area contributed by atoms with Gasteiger partial charge in [0.1, 0.15) is 5.82 Å². The second kappa shape index (κ2) is 7.88. The first-order valence-corrected chi connectivity index (χ1v) is 8.44. The quantitative estimate of drug-likeness (QED) is 0.642. The number of nitrogens with one attached hydrogen (secondary N) is 3. The lowest BCUT2D eigenvalue weighted by Gasteiger charge is -2.06. The number of hydrogen-bond donors (Lipinski definition) is 3. The Balaban J connectivity index is 1.74. The maximum Gasteiger partial charge on any atom is 0.318 e.